The van der Waals surface area contributed by atoms with Crippen LogP contribution in [0.3, 0.4) is 0 Å². The van der Waals surface area contributed by atoms with Crippen LogP contribution in [0.1, 0.15) is 5.82 Å². The Bertz CT molecular complexity index is 184. The first-order valence-corrected chi connectivity index (χ1v) is 3.33. The van der Waals surface area contributed by atoms with E-state index in [0.717, 1.165) is 12.4 Å². The van der Waals surface area contributed by atoms with Crippen LogP contribution in [0.4, 0.5) is 0 Å². The van der Waals surface area contributed by atoms with Gasteiger partial charge in [-0.05, 0) is 23.0 Å². The van der Waals surface area contributed by atoms with Crippen molar-refractivity contribution in [3.63, 3.8) is 0 Å². The van der Waals surface area contributed by atoms with E-state index in [2.05, 4.69) is 36.4 Å². The molecule has 0 aliphatic heterocycles. The van der Waals surface area contributed by atoms with Gasteiger partial charge in [0.1, 0.15) is 5.82 Å². The number of nitrogens with one attached hydrogen (secondary N) is 2. The van der Waals surface area contributed by atoms with E-state index in [0.29, 0.717) is 4.73 Å². The van der Waals surface area contributed by atoms with Crippen LogP contribution in [0.15, 0.2) is 4.73 Å². The minimum absolute atomic E-state index is 0.604. The predicted octanol–water partition coefficient (Wildman–Crippen LogP) is 0.287. The quantitative estimate of drug-likeness (QED) is 0.706. The molecule has 50 valence electrons. The van der Waals surface area contributed by atoms with Crippen LogP contribution in [0.2, 0.25) is 0 Å². The number of nitrogens with zero attached hydrogens (tertiary/aromatic N) is 2. The van der Waals surface area contributed by atoms with E-state index in [9.17, 15) is 0 Å². The highest BCUT2D eigenvalue weighted by molar-refractivity contribution is 9.10. The molecule has 1 aromatic heterocycles. The first-order chi connectivity index (χ1) is 4.33. The molecule has 0 aliphatic rings. The highest BCUT2D eigenvalue weighted by atomic mass is 79.9. The van der Waals surface area contributed by atoms with Gasteiger partial charge in [-0.15, -0.1) is 5.10 Å². The minimum Gasteiger partial charge on any atom is -0.313 e. The summed E-state index contributed by atoms with van der Waals surface area (Å²) in [4.78, 5) is 3.99. The second-order valence-corrected chi connectivity index (χ2v) is 2.29. The van der Waals surface area contributed by atoms with Crippen molar-refractivity contribution < 1.29 is 0 Å². The summed E-state index contributed by atoms with van der Waals surface area (Å²) in [7, 11) is 1.86. The van der Waals surface area contributed by atoms with E-state index in [1.807, 2.05) is 7.05 Å². The molecule has 1 heterocycles. The van der Waals surface area contributed by atoms with E-state index < -0.39 is 0 Å². The van der Waals surface area contributed by atoms with Gasteiger partial charge in [-0.3, -0.25) is 5.10 Å². The molecule has 0 spiro atoms. The largest absolute Gasteiger partial charge is 0.313 e. The van der Waals surface area contributed by atoms with Crippen LogP contribution in [-0.4, -0.2) is 22.2 Å². The van der Waals surface area contributed by atoms with Crippen molar-refractivity contribution in [3.05, 3.63) is 10.6 Å². The molecule has 5 heteroatoms. The molecule has 0 atom stereocenters. The molecule has 0 saturated heterocycles. The Balaban J connectivity index is 2.61. The molecular weight excluding hydrogens is 184 g/mol. The molecule has 9 heavy (non-hydrogen) atoms. The normalized spacial score (nSPS) is 10.0. The number of H-pyrrole nitrogens is 1. The van der Waals surface area contributed by atoms with Gasteiger partial charge in [-0.25, -0.2) is 4.98 Å². The topological polar surface area (TPSA) is 53.6 Å². The Morgan fingerprint density at radius 1 is 1.78 bits per heavy atom. The van der Waals surface area contributed by atoms with Crippen molar-refractivity contribution >= 4 is 15.9 Å². The highest BCUT2D eigenvalue weighted by Crippen LogP contribution is 1.98. The standard InChI is InChI=1S/C4H7BrN4/c1-6-2-3-7-4(5)9-8-3/h6H,2H2,1H3,(H,7,8,9). The van der Waals surface area contributed by atoms with E-state index in [-0.39, 0.29) is 0 Å². The lowest BCUT2D eigenvalue weighted by atomic mass is 10.6. The van der Waals surface area contributed by atoms with Crippen molar-refractivity contribution in [2.24, 2.45) is 0 Å². The van der Waals surface area contributed by atoms with E-state index in [1.54, 1.807) is 0 Å². The molecule has 1 rings (SSSR count). The van der Waals surface area contributed by atoms with Crippen LogP contribution < -0.4 is 5.32 Å². The van der Waals surface area contributed by atoms with Gasteiger partial charge in [-0.1, -0.05) is 0 Å². The molecule has 0 fully saturated rings. The summed E-state index contributed by atoms with van der Waals surface area (Å²) in [6.07, 6.45) is 0. The Kier molecular flexibility index (Phi) is 2.18. The lowest BCUT2D eigenvalue weighted by molar-refractivity contribution is 0.763. The van der Waals surface area contributed by atoms with Crippen LogP contribution >= 0.6 is 15.9 Å². The van der Waals surface area contributed by atoms with Gasteiger partial charge in [0, 0.05) is 0 Å². The zero-order valence-corrected chi connectivity index (χ0v) is 6.57. The summed E-state index contributed by atoms with van der Waals surface area (Å²) in [6, 6.07) is 0. The minimum atomic E-state index is 0.604. The van der Waals surface area contributed by atoms with Gasteiger partial charge in [0.15, 0.2) is 0 Å². The molecule has 0 radical (unpaired) electrons. The molecule has 0 bridgehead atoms. The van der Waals surface area contributed by atoms with Crippen molar-refractivity contribution in [2.75, 3.05) is 7.05 Å². The van der Waals surface area contributed by atoms with Crippen molar-refractivity contribution in [2.45, 2.75) is 6.54 Å². The summed E-state index contributed by atoms with van der Waals surface area (Å²) in [5.74, 6) is 0.837. The second kappa shape index (κ2) is 2.93. The summed E-state index contributed by atoms with van der Waals surface area (Å²) < 4.78 is 0.604. The van der Waals surface area contributed by atoms with E-state index >= 15 is 0 Å². The Morgan fingerprint density at radius 2 is 2.56 bits per heavy atom. The lowest BCUT2D eigenvalue weighted by Gasteiger charge is -1.88. The van der Waals surface area contributed by atoms with Gasteiger partial charge < -0.3 is 5.32 Å². The maximum atomic E-state index is 3.99. The van der Waals surface area contributed by atoms with Gasteiger partial charge in [0.25, 0.3) is 0 Å². The molecule has 0 amide bonds. The summed E-state index contributed by atoms with van der Waals surface area (Å²) in [6.45, 7) is 0.721. The lowest BCUT2D eigenvalue weighted by Crippen LogP contribution is -2.06. The molecule has 4 nitrogen and oxygen atoms in total. The van der Waals surface area contributed by atoms with Crippen molar-refractivity contribution in [1.29, 1.82) is 0 Å². The fourth-order valence-electron chi connectivity index (χ4n) is 0.519. The Morgan fingerprint density at radius 3 is 3.00 bits per heavy atom. The summed E-state index contributed by atoms with van der Waals surface area (Å²) in [5.41, 5.74) is 0. The van der Waals surface area contributed by atoms with Crippen LogP contribution in [0.5, 0.6) is 0 Å². The third-order valence-electron chi connectivity index (χ3n) is 0.849. The van der Waals surface area contributed by atoms with Gasteiger partial charge in [0.2, 0.25) is 4.73 Å². The van der Waals surface area contributed by atoms with Crippen LogP contribution in [0, 0.1) is 0 Å². The fraction of sp³-hybridized carbons (Fsp3) is 0.500. The molecule has 0 unspecified atom stereocenters. The number of aromatic nitrogens is 3. The number of rotatable bonds is 2. The zero-order chi connectivity index (χ0) is 6.69. The molecular formula is C4H7BrN4. The maximum Gasteiger partial charge on any atom is 0.217 e. The zero-order valence-electron chi connectivity index (χ0n) is 4.98. The predicted molar refractivity (Wildman–Crippen MR) is 36.8 cm³/mol. The number of hydrogen-bond acceptors (Lipinski definition) is 3. The number of halogens is 1. The average Bonchev–Trinajstić information content (AvgIpc) is 2.17. The Hall–Kier alpha value is -0.420. The van der Waals surface area contributed by atoms with Crippen molar-refractivity contribution in [1.82, 2.24) is 20.5 Å². The smallest absolute Gasteiger partial charge is 0.217 e. The Labute approximate surface area is 61.2 Å². The van der Waals surface area contributed by atoms with E-state index in [1.165, 1.54) is 0 Å². The van der Waals surface area contributed by atoms with E-state index in [4.69, 9.17) is 0 Å². The monoisotopic (exact) mass is 190 g/mol. The molecule has 2 N–H and O–H groups in total. The third-order valence-corrected chi connectivity index (χ3v) is 1.20. The third kappa shape index (κ3) is 1.76. The first-order valence-electron chi connectivity index (χ1n) is 2.54. The molecule has 0 aliphatic carbocycles. The highest BCUT2D eigenvalue weighted by Gasteiger charge is 1.95. The van der Waals surface area contributed by atoms with Gasteiger partial charge in [-0.2, -0.15) is 0 Å². The number of aromatic amines is 1. The average molecular weight is 191 g/mol. The van der Waals surface area contributed by atoms with Gasteiger partial charge in [0.05, 0.1) is 6.54 Å². The first kappa shape index (κ1) is 6.70. The molecule has 0 saturated carbocycles. The number of hydrogen-bond donors (Lipinski definition) is 2. The molecule has 1 aromatic rings. The molecule has 0 aromatic carbocycles. The van der Waals surface area contributed by atoms with Crippen LogP contribution in [-0.2, 0) is 6.54 Å². The SMILES string of the molecule is CNCc1nc(Br)n[nH]1. The van der Waals surface area contributed by atoms with Gasteiger partial charge >= 0.3 is 0 Å². The van der Waals surface area contributed by atoms with Crippen molar-refractivity contribution in [3.8, 4) is 0 Å². The maximum absolute atomic E-state index is 3.99. The second-order valence-electron chi connectivity index (χ2n) is 1.58. The summed E-state index contributed by atoms with van der Waals surface area (Å²) in [5, 5.41) is 9.45. The summed E-state index contributed by atoms with van der Waals surface area (Å²) >= 11 is 3.12. The van der Waals surface area contributed by atoms with Crippen LogP contribution in [0.25, 0.3) is 0 Å². The fourth-order valence-corrected chi connectivity index (χ4v) is 0.821.